The van der Waals surface area contributed by atoms with E-state index in [9.17, 15) is 9.59 Å². The number of aromatic amines is 1. The zero-order valence-electron chi connectivity index (χ0n) is 11.4. The molecule has 1 heterocycles. The highest BCUT2D eigenvalue weighted by molar-refractivity contribution is 7.99. The average molecular weight is 288 g/mol. The molecule has 0 fully saturated rings. The Morgan fingerprint density at radius 3 is 2.84 bits per heavy atom. The number of H-pyrrole nitrogens is 1. The van der Waals surface area contributed by atoms with Crippen molar-refractivity contribution in [2.45, 2.75) is 38.0 Å². The Kier molecular flexibility index (Phi) is 6.10. The summed E-state index contributed by atoms with van der Waals surface area (Å²) in [6.45, 7) is 5.63. The molecule has 1 aromatic rings. The van der Waals surface area contributed by atoms with Gasteiger partial charge in [-0.25, -0.2) is 9.89 Å². The van der Waals surface area contributed by atoms with Crippen LogP contribution in [-0.2, 0) is 11.3 Å². The third-order valence-corrected chi connectivity index (χ3v) is 3.78. The van der Waals surface area contributed by atoms with Crippen LogP contribution in [0, 0.1) is 0 Å². The van der Waals surface area contributed by atoms with E-state index in [1.165, 1.54) is 4.57 Å². The molecule has 0 spiro atoms. The lowest BCUT2D eigenvalue weighted by atomic mass is 10.3. The molecular formula is C11H20N4O3S. The maximum absolute atomic E-state index is 11.6. The molecule has 19 heavy (non-hydrogen) atoms. The van der Waals surface area contributed by atoms with Crippen molar-refractivity contribution in [2.24, 2.45) is 0 Å². The molecule has 0 saturated carbocycles. The van der Waals surface area contributed by atoms with Crippen molar-refractivity contribution in [3.05, 3.63) is 10.5 Å². The predicted molar refractivity (Wildman–Crippen MR) is 73.6 cm³/mol. The second-order valence-electron chi connectivity index (χ2n) is 4.57. The lowest BCUT2D eigenvalue weighted by molar-refractivity contribution is -0.133. The van der Waals surface area contributed by atoms with Crippen LogP contribution in [-0.4, -0.2) is 56.1 Å². The lowest BCUT2D eigenvalue weighted by Gasteiger charge is -2.20. The van der Waals surface area contributed by atoms with E-state index >= 15 is 0 Å². The molecule has 0 radical (unpaired) electrons. The summed E-state index contributed by atoms with van der Waals surface area (Å²) in [4.78, 5) is 24.3. The number of aromatic nitrogens is 3. The maximum Gasteiger partial charge on any atom is 0.343 e. The molecule has 0 bridgehead atoms. The maximum atomic E-state index is 11.6. The van der Waals surface area contributed by atoms with Gasteiger partial charge in [-0.1, -0.05) is 11.8 Å². The summed E-state index contributed by atoms with van der Waals surface area (Å²) >= 11 is 1.05. The minimum Gasteiger partial charge on any atom is -0.481 e. The molecule has 0 atom stereocenters. The molecule has 0 aliphatic heterocycles. The summed E-state index contributed by atoms with van der Waals surface area (Å²) in [7, 11) is 2.03. The molecule has 0 unspecified atom stereocenters. The van der Waals surface area contributed by atoms with Gasteiger partial charge in [0.05, 0.1) is 5.75 Å². The number of nitrogens with one attached hydrogen (secondary N) is 1. The number of carboxylic acids is 1. The first-order valence-corrected chi connectivity index (χ1v) is 7.10. The van der Waals surface area contributed by atoms with Gasteiger partial charge in [-0.3, -0.25) is 9.36 Å². The molecule has 7 nitrogen and oxygen atoms in total. The van der Waals surface area contributed by atoms with Gasteiger partial charge in [0.15, 0.2) is 5.16 Å². The summed E-state index contributed by atoms with van der Waals surface area (Å²) in [6, 6.07) is 0.460. The average Bonchev–Trinajstić information content (AvgIpc) is 2.68. The second kappa shape index (κ2) is 7.34. The van der Waals surface area contributed by atoms with Gasteiger partial charge in [-0.2, -0.15) is 0 Å². The van der Waals surface area contributed by atoms with Gasteiger partial charge in [0, 0.05) is 12.6 Å². The van der Waals surface area contributed by atoms with Crippen molar-refractivity contribution in [1.29, 1.82) is 0 Å². The highest BCUT2D eigenvalue weighted by atomic mass is 32.2. The van der Waals surface area contributed by atoms with Crippen molar-refractivity contribution < 1.29 is 9.90 Å². The van der Waals surface area contributed by atoms with Crippen molar-refractivity contribution >= 4 is 17.7 Å². The van der Waals surface area contributed by atoms with Crippen LogP contribution < -0.4 is 5.69 Å². The molecule has 108 valence electrons. The van der Waals surface area contributed by atoms with Gasteiger partial charge >= 0.3 is 11.7 Å². The summed E-state index contributed by atoms with van der Waals surface area (Å²) in [6.07, 6.45) is 0.814. The van der Waals surface area contributed by atoms with Crippen molar-refractivity contribution in [3.8, 4) is 0 Å². The lowest BCUT2D eigenvalue weighted by Crippen LogP contribution is -2.29. The van der Waals surface area contributed by atoms with Crippen LogP contribution in [0.4, 0.5) is 0 Å². The highest BCUT2D eigenvalue weighted by Gasteiger charge is 2.11. The van der Waals surface area contributed by atoms with Crippen LogP contribution in [0.1, 0.15) is 20.3 Å². The smallest absolute Gasteiger partial charge is 0.343 e. The third-order valence-electron chi connectivity index (χ3n) is 2.82. The van der Waals surface area contributed by atoms with Gasteiger partial charge in [0.2, 0.25) is 0 Å². The van der Waals surface area contributed by atoms with E-state index in [0.29, 0.717) is 17.7 Å². The normalized spacial score (nSPS) is 11.4. The minimum absolute atomic E-state index is 0.101. The molecule has 8 heteroatoms. The number of nitrogens with zero attached hydrogens (tertiary/aromatic N) is 3. The molecule has 0 amide bonds. The number of hydrogen-bond acceptors (Lipinski definition) is 5. The van der Waals surface area contributed by atoms with Crippen LogP contribution in [0.2, 0.25) is 0 Å². The molecule has 1 aromatic heterocycles. The van der Waals surface area contributed by atoms with E-state index in [0.717, 1.165) is 24.7 Å². The summed E-state index contributed by atoms with van der Waals surface area (Å²) < 4.78 is 1.49. The quantitative estimate of drug-likeness (QED) is 0.676. The Labute approximate surface area is 116 Å². The van der Waals surface area contributed by atoms with E-state index in [4.69, 9.17) is 5.11 Å². The van der Waals surface area contributed by atoms with E-state index < -0.39 is 5.97 Å². The van der Waals surface area contributed by atoms with Gasteiger partial charge in [-0.05, 0) is 33.9 Å². The highest BCUT2D eigenvalue weighted by Crippen LogP contribution is 2.12. The molecule has 0 aliphatic rings. The number of carbonyl (C=O) groups is 1. The molecular weight excluding hydrogens is 268 g/mol. The monoisotopic (exact) mass is 288 g/mol. The number of aliphatic carboxylic acids is 1. The van der Waals surface area contributed by atoms with Crippen LogP contribution in [0.5, 0.6) is 0 Å². The number of rotatable bonds is 8. The zero-order chi connectivity index (χ0) is 14.4. The van der Waals surface area contributed by atoms with Gasteiger partial charge in [0.25, 0.3) is 0 Å². The van der Waals surface area contributed by atoms with Crippen molar-refractivity contribution in [1.82, 2.24) is 19.7 Å². The van der Waals surface area contributed by atoms with E-state index in [-0.39, 0.29) is 11.4 Å². The minimum atomic E-state index is -0.924. The molecule has 0 aromatic carbocycles. The first-order chi connectivity index (χ1) is 8.91. The Morgan fingerprint density at radius 1 is 1.58 bits per heavy atom. The molecule has 1 rings (SSSR count). The van der Waals surface area contributed by atoms with E-state index in [1.807, 2.05) is 7.05 Å². The first kappa shape index (κ1) is 15.8. The van der Waals surface area contributed by atoms with Crippen molar-refractivity contribution in [2.75, 3.05) is 19.3 Å². The topological polar surface area (TPSA) is 91.2 Å². The van der Waals surface area contributed by atoms with Gasteiger partial charge in [0.1, 0.15) is 0 Å². The molecule has 0 saturated heterocycles. The number of thioether (sulfide) groups is 1. The van der Waals surface area contributed by atoms with Gasteiger partial charge in [-0.15, -0.1) is 5.10 Å². The van der Waals surface area contributed by atoms with Crippen LogP contribution in [0.25, 0.3) is 0 Å². The van der Waals surface area contributed by atoms with Crippen LogP contribution in [0.3, 0.4) is 0 Å². The summed E-state index contributed by atoms with van der Waals surface area (Å²) in [5.41, 5.74) is -0.292. The van der Waals surface area contributed by atoms with Crippen LogP contribution in [0.15, 0.2) is 9.95 Å². The van der Waals surface area contributed by atoms with Gasteiger partial charge < -0.3 is 10.0 Å². The summed E-state index contributed by atoms with van der Waals surface area (Å²) in [5, 5.41) is 15.2. The largest absolute Gasteiger partial charge is 0.481 e. The molecule has 2 N–H and O–H groups in total. The Balaban J connectivity index is 2.55. The fraction of sp³-hybridized carbons (Fsp3) is 0.727. The fourth-order valence-electron chi connectivity index (χ4n) is 1.47. The predicted octanol–water partition coefficient (Wildman–Crippen LogP) is 0.478. The SMILES string of the molecule is CC(C)N(C)CCCn1c(SCC(=O)O)n[nH]c1=O. The standard InChI is InChI=1S/C11H20N4O3S/c1-8(2)14(3)5-4-6-15-10(18)12-13-11(15)19-7-9(16)17/h8H,4-7H2,1-3H3,(H,12,18)(H,16,17). The Hall–Kier alpha value is -1.28. The second-order valence-corrected chi connectivity index (χ2v) is 5.52. The van der Waals surface area contributed by atoms with E-state index in [1.54, 1.807) is 0 Å². The zero-order valence-corrected chi connectivity index (χ0v) is 12.2. The number of carboxylic acid groups (broad SMARTS) is 1. The van der Waals surface area contributed by atoms with Crippen LogP contribution >= 0.6 is 11.8 Å². The fourth-order valence-corrected chi connectivity index (χ4v) is 2.17. The first-order valence-electron chi connectivity index (χ1n) is 6.12. The molecule has 0 aliphatic carbocycles. The summed E-state index contributed by atoms with van der Waals surface area (Å²) in [5.74, 6) is -1.03. The Morgan fingerprint density at radius 2 is 2.26 bits per heavy atom. The van der Waals surface area contributed by atoms with Crippen molar-refractivity contribution in [3.63, 3.8) is 0 Å². The Bertz CT molecular complexity index is 469. The third kappa shape index (κ3) is 5.07. The van der Waals surface area contributed by atoms with E-state index in [2.05, 4.69) is 28.9 Å². The number of hydrogen-bond donors (Lipinski definition) is 2.